The van der Waals surface area contributed by atoms with Crippen LogP contribution in [-0.4, -0.2) is 28.9 Å². The Kier molecular flexibility index (Phi) is 6.33. The average Bonchev–Trinajstić information content (AvgIpc) is 2.56. The maximum Gasteiger partial charge on any atom is 0.231 e. The minimum absolute atomic E-state index is 0.0774. The third-order valence-corrected chi connectivity index (χ3v) is 3.71. The van der Waals surface area contributed by atoms with Gasteiger partial charge in [0.2, 0.25) is 17.8 Å². The number of carbonyl (C=O) groups excluding carboxylic acids is 2. The molecule has 0 spiro atoms. The molecule has 0 aliphatic carbocycles. The molecule has 1 heterocycles. The number of carbonyl (C=O) groups is 2. The zero-order chi connectivity index (χ0) is 20.1. The van der Waals surface area contributed by atoms with Gasteiger partial charge in [0, 0.05) is 19.4 Å². The molecule has 2 N–H and O–H groups in total. The Morgan fingerprint density at radius 3 is 2.26 bits per heavy atom. The lowest BCUT2D eigenvalue weighted by atomic mass is 10.00. The monoisotopic (exact) mass is 372 g/mol. The van der Waals surface area contributed by atoms with Gasteiger partial charge in [-0.3, -0.25) is 14.9 Å². The number of methoxy groups -OCH3 is 1. The number of nitrogens with one attached hydrogen (secondary N) is 2. The molecule has 2 amide bonds. The number of aryl methyl sites for hydroxylation is 1. The Bertz CT molecular complexity index is 865. The summed E-state index contributed by atoms with van der Waals surface area (Å²) < 4.78 is 11.4. The van der Waals surface area contributed by atoms with E-state index in [-0.39, 0.29) is 35.2 Å². The molecule has 8 nitrogen and oxygen atoms in total. The van der Waals surface area contributed by atoms with Gasteiger partial charge >= 0.3 is 0 Å². The van der Waals surface area contributed by atoms with Crippen LogP contribution in [0.2, 0.25) is 0 Å². The van der Waals surface area contributed by atoms with Crippen molar-refractivity contribution in [3.63, 3.8) is 0 Å². The van der Waals surface area contributed by atoms with Gasteiger partial charge in [0.05, 0.1) is 13.3 Å². The van der Waals surface area contributed by atoms with Gasteiger partial charge in [0.15, 0.2) is 11.6 Å². The molecule has 8 heteroatoms. The van der Waals surface area contributed by atoms with Crippen molar-refractivity contribution >= 4 is 23.6 Å². The van der Waals surface area contributed by atoms with Gasteiger partial charge in [-0.2, -0.15) is 4.98 Å². The smallest absolute Gasteiger partial charge is 0.231 e. The molecule has 0 saturated carbocycles. The predicted octanol–water partition coefficient (Wildman–Crippen LogP) is 3.63. The molecule has 0 bridgehead atoms. The number of anilines is 2. The van der Waals surface area contributed by atoms with E-state index in [1.54, 1.807) is 7.11 Å². The van der Waals surface area contributed by atoms with E-state index in [0.717, 1.165) is 16.9 Å². The number of rotatable bonds is 6. The molecule has 27 heavy (non-hydrogen) atoms. The maximum absolute atomic E-state index is 11.5. The highest BCUT2D eigenvalue weighted by Gasteiger charge is 2.17. The van der Waals surface area contributed by atoms with Crippen molar-refractivity contribution in [1.29, 1.82) is 0 Å². The molecule has 0 atom stereocenters. The van der Waals surface area contributed by atoms with E-state index in [2.05, 4.69) is 20.6 Å². The minimum atomic E-state index is -0.317. The zero-order valence-corrected chi connectivity index (χ0v) is 16.3. The summed E-state index contributed by atoms with van der Waals surface area (Å²) in [6.07, 6.45) is 1.41. The van der Waals surface area contributed by atoms with Crippen LogP contribution in [0.1, 0.15) is 44.7 Å². The summed E-state index contributed by atoms with van der Waals surface area (Å²) in [6, 6.07) is 3.80. The van der Waals surface area contributed by atoms with Gasteiger partial charge in [0.1, 0.15) is 11.5 Å². The summed E-state index contributed by atoms with van der Waals surface area (Å²) in [5.74, 6) is 1.45. The van der Waals surface area contributed by atoms with E-state index in [1.807, 2.05) is 32.9 Å². The van der Waals surface area contributed by atoms with Crippen LogP contribution in [0.15, 0.2) is 18.3 Å². The molecule has 2 aromatic rings. The second-order valence-corrected chi connectivity index (χ2v) is 6.39. The fraction of sp³-hybridized carbons (Fsp3) is 0.368. The van der Waals surface area contributed by atoms with E-state index < -0.39 is 0 Å². The SMILES string of the molecule is COc1cc(C(C)C)c(Oc2cnc(NC(C)=O)nc2NC(C)=O)cc1C. The molecule has 0 fully saturated rings. The zero-order valence-electron chi connectivity index (χ0n) is 16.3. The molecule has 2 rings (SSSR count). The molecule has 1 aromatic heterocycles. The van der Waals surface area contributed by atoms with Crippen molar-refractivity contribution in [3.05, 3.63) is 29.5 Å². The topological polar surface area (TPSA) is 102 Å². The van der Waals surface area contributed by atoms with Gasteiger partial charge in [0.25, 0.3) is 0 Å². The van der Waals surface area contributed by atoms with Crippen LogP contribution in [0.4, 0.5) is 11.8 Å². The second-order valence-electron chi connectivity index (χ2n) is 6.39. The molecular formula is C19H24N4O4. The Morgan fingerprint density at radius 1 is 1.04 bits per heavy atom. The van der Waals surface area contributed by atoms with E-state index in [9.17, 15) is 9.59 Å². The van der Waals surface area contributed by atoms with Crippen molar-refractivity contribution in [1.82, 2.24) is 9.97 Å². The lowest BCUT2D eigenvalue weighted by Gasteiger charge is -2.18. The first-order valence-electron chi connectivity index (χ1n) is 8.49. The van der Waals surface area contributed by atoms with Gasteiger partial charge in [-0.1, -0.05) is 13.8 Å². The lowest BCUT2D eigenvalue weighted by Crippen LogP contribution is -2.13. The number of hydrogen-bond donors (Lipinski definition) is 2. The highest BCUT2D eigenvalue weighted by Crippen LogP contribution is 2.37. The highest BCUT2D eigenvalue weighted by atomic mass is 16.5. The molecule has 0 saturated heterocycles. The largest absolute Gasteiger partial charge is 0.496 e. The van der Waals surface area contributed by atoms with Crippen LogP contribution in [-0.2, 0) is 9.59 Å². The van der Waals surface area contributed by atoms with Crippen molar-refractivity contribution in [2.45, 2.75) is 40.5 Å². The summed E-state index contributed by atoms with van der Waals surface area (Å²) in [4.78, 5) is 31.0. The third-order valence-electron chi connectivity index (χ3n) is 3.71. The van der Waals surface area contributed by atoms with Gasteiger partial charge in [-0.05, 0) is 30.5 Å². The summed E-state index contributed by atoms with van der Waals surface area (Å²) >= 11 is 0. The van der Waals surface area contributed by atoms with Crippen molar-refractivity contribution < 1.29 is 19.1 Å². The van der Waals surface area contributed by atoms with Crippen molar-refractivity contribution in [2.75, 3.05) is 17.7 Å². The van der Waals surface area contributed by atoms with Crippen LogP contribution in [0, 0.1) is 6.92 Å². The highest BCUT2D eigenvalue weighted by molar-refractivity contribution is 5.90. The number of amides is 2. The van der Waals surface area contributed by atoms with Crippen LogP contribution in [0.25, 0.3) is 0 Å². The number of nitrogens with zero attached hydrogens (tertiary/aromatic N) is 2. The second kappa shape index (κ2) is 8.48. The molecular weight excluding hydrogens is 348 g/mol. The maximum atomic E-state index is 11.5. The molecule has 0 radical (unpaired) electrons. The number of benzene rings is 1. The predicted molar refractivity (Wildman–Crippen MR) is 103 cm³/mol. The molecule has 144 valence electrons. The Balaban J connectivity index is 2.48. The van der Waals surface area contributed by atoms with E-state index >= 15 is 0 Å². The van der Waals surface area contributed by atoms with Gasteiger partial charge < -0.3 is 14.8 Å². The first-order chi connectivity index (χ1) is 12.7. The standard InChI is InChI=1S/C19H24N4O4/c1-10(2)14-8-15(26-6)11(3)7-16(14)27-17-9-20-19(22-13(5)25)23-18(17)21-12(4)24/h7-10H,1-6H3,(H2,20,21,22,23,24,25). The lowest BCUT2D eigenvalue weighted by molar-refractivity contribution is -0.115. The Labute approximate surface area is 158 Å². The fourth-order valence-corrected chi connectivity index (χ4v) is 2.47. The first kappa shape index (κ1) is 20.2. The number of hydrogen-bond acceptors (Lipinski definition) is 6. The Hall–Kier alpha value is -3.16. The van der Waals surface area contributed by atoms with Crippen LogP contribution >= 0.6 is 0 Å². The fourth-order valence-electron chi connectivity index (χ4n) is 2.47. The summed E-state index contributed by atoms with van der Waals surface area (Å²) in [5, 5.41) is 5.08. The van der Waals surface area contributed by atoms with Crippen molar-refractivity contribution in [3.8, 4) is 17.2 Å². The summed E-state index contributed by atoms with van der Waals surface area (Å²) in [5.41, 5.74) is 1.85. The normalized spacial score (nSPS) is 10.5. The molecule has 0 aliphatic heterocycles. The number of aromatic nitrogens is 2. The first-order valence-corrected chi connectivity index (χ1v) is 8.49. The van der Waals surface area contributed by atoms with E-state index in [4.69, 9.17) is 9.47 Å². The van der Waals surface area contributed by atoms with E-state index in [0.29, 0.717) is 5.75 Å². The van der Waals surface area contributed by atoms with Crippen molar-refractivity contribution in [2.24, 2.45) is 0 Å². The average molecular weight is 372 g/mol. The molecule has 1 aromatic carbocycles. The minimum Gasteiger partial charge on any atom is -0.496 e. The Morgan fingerprint density at radius 2 is 1.70 bits per heavy atom. The molecule has 0 aliphatic rings. The van der Waals surface area contributed by atoms with Gasteiger partial charge in [-0.15, -0.1) is 0 Å². The van der Waals surface area contributed by atoms with Crippen LogP contribution in [0.3, 0.4) is 0 Å². The molecule has 0 unspecified atom stereocenters. The third kappa shape index (κ3) is 5.16. The summed E-state index contributed by atoms with van der Waals surface area (Å²) in [6.45, 7) is 8.72. The number of ether oxygens (including phenoxy) is 2. The van der Waals surface area contributed by atoms with Crippen LogP contribution < -0.4 is 20.1 Å². The van der Waals surface area contributed by atoms with Gasteiger partial charge in [-0.25, -0.2) is 4.98 Å². The summed E-state index contributed by atoms with van der Waals surface area (Å²) in [7, 11) is 1.62. The quantitative estimate of drug-likeness (QED) is 0.803. The van der Waals surface area contributed by atoms with E-state index in [1.165, 1.54) is 20.0 Å². The van der Waals surface area contributed by atoms with Crippen LogP contribution in [0.5, 0.6) is 17.2 Å².